The van der Waals surface area contributed by atoms with Gasteiger partial charge in [-0.25, -0.2) is 4.98 Å². The molecule has 3 heteroatoms. The minimum atomic E-state index is 0.208. The Morgan fingerprint density at radius 2 is 2.17 bits per heavy atom. The summed E-state index contributed by atoms with van der Waals surface area (Å²) in [6.07, 6.45) is 6.18. The Kier molecular flexibility index (Phi) is 3.08. The molecule has 18 heavy (non-hydrogen) atoms. The van der Waals surface area contributed by atoms with Crippen LogP contribution in [0, 0.1) is 0 Å². The average Bonchev–Trinajstić information content (AvgIpc) is 2.95. The Hall–Kier alpha value is -1.35. The molecule has 1 atom stereocenters. The van der Waals surface area contributed by atoms with Gasteiger partial charge in [-0.15, -0.1) is 0 Å². The standard InChI is InChI=1S/C15H21N3/c1-10(16)8-11-6-7-13-14(9-11)18-15(17-13)12-4-2-3-5-12/h6-7,9-10,12H,2-5,8,16H2,1H3,(H,17,18). The van der Waals surface area contributed by atoms with E-state index in [1.54, 1.807) is 0 Å². The second-order valence-electron chi connectivity index (χ2n) is 5.64. The molecule has 0 amide bonds. The van der Waals surface area contributed by atoms with Crippen molar-refractivity contribution < 1.29 is 0 Å². The molecular weight excluding hydrogens is 222 g/mol. The zero-order chi connectivity index (χ0) is 12.5. The van der Waals surface area contributed by atoms with Gasteiger partial charge in [-0.2, -0.15) is 0 Å². The van der Waals surface area contributed by atoms with Crippen LogP contribution in [0.25, 0.3) is 11.0 Å². The number of H-pyrrole nitrogens is 1. The number of benzene rings is 1. The van der Waals surface area contributed by atoms with Crippen molar-refractivity contribution in [3.8, 4) is 0 Å². The maximum absolute atomic E-state index is 5.85. The predicted molar refractivity (Wildman–Crippen MR) is 74.7 cm³/mol. The summed E-state index contributed by atoms with van der Waals surface area (Å²) in [6.45, 7) is 2.04. The number of nitrogens with zero attached hydrogens (tertiary/aromatic N) is 1. The van der Waals surface area contributed by atoms with Crippen LogP contribution in [0.2, 0.25) is 0 Å². The monoisotopic (exact) mass is 243 g/mol. The van der Waals surface area contributed by atoms with E-state index in [9.17, 15) is 0 Å². The van der Waals surface area contributed by atoms with Crippen molar-refractivity contribution in [3.63, 3.8) is 0 Å². The summed E-state index contributed by atoms with van der Waals surface area (Å²) in [5.74, 6) is 1.83. The van der Waals surface area contributed by atoms with Gasteiger partial charge in [0.25, 0.3) is 0 Å². The molecule has 0 spiro atoms. The minimum absolute atomic E-state index is 0.208. The Morgan fingerprint density at radius 3 is 2.89 bits per heavy atom. The normalized spacial score (nSPS) is 18.6. The summed E-state index contributed by atoms with van der Waals surface area (Å²) in [6, 6.07) is 6.66. The second-order valence-corrected chi connectivity index (χ2v) is 5.64. The maximum atomic E-state index is 5.85. The molecule has 2 aromatic rings. The summed E-state index contributed by atoms with van der Waals surface area (Å²) in [5, 5.41) is 0. The fourth-order valence-electron chi connectivity index (χ4n) is 2.97. The molecular formula is C15H21N3. The highest BCUT2D eigenvalue weighted by Crippen LogP contribution is 2.33. The number of nitrogens with two attached hydrogens (primary N) is 1. The number of imidazole rings is 1. The Morgan fingerprint density at radius 1 is 1.39 bits per heavy atom. The van der Waals surface area contributed by atoms with Gasteiger partial charge in [0.05, 0.1) is 11.0 Å². The number of nitrogens with one attached hydrogen (secondary N) is 1. The molecule has 96 valence electrons. The van der Waals surface area contributed by atoms with Crippen LogP contribution in [0.1, 0.15) is 49.9 Å². The second kappa shape index (κ2) is 4.73. The molecule has 1 aliphatic rings. The van der Waals surface area contributed by atoms with Crippen molar-refractivity contribution in [2.24, 2.45) is 5.73 Å². The lowest BCUT2D eigenvalue weighted by Crippen LogP contribution is -2.17. The van der Waals surface area contributed by atoms with Gasteiger partial charge in [0.1, 0.15) is 5.82 Å². The summed E-state index contributed by atoms with van der Waals surface area (Å²) in [5.41, 5.74) is 9.39. The van der Waals surface area contributed by atoms with E-state index in [4.69, 9.17) is 10.7 Å². The Bertz CT molecular complexity index is 536. The molecule has 1 aromatic heterocycles. The van der Waals surface area contributed by atoms with Gasteiger partial charge >= 0.3 is 0 Å². The summed E-state index contributed by atoms with van der Waals surface area (Å²) in [7, 11) is 0. The predicted octanol–water partition coefficient (Wildman–Crippen LogP) is 3.11. The number of aromatic nitrogens is 2. The van der Waals surface area contributed by atoms with Crippen molar-refractivity contribution in [3.05, 3.63) is 29.6 Å². The fourth-order valence-corrected chi connectivity index (χ4v) is 2.97. The Labute approximate surface area is 108 Å². The smallest absolute Gasteiger partial charge is 0.110 e. The van der Waals surface area contributed by atoms with Crippen LogP contribution in [0.3, 0.4) is 0 Å². The van der Waals surface area contributed by atoms with E-state index in [1.165, 1.54) is 37.1 Å². The van der Waals surface area contributed by atoms with E-state index in [0.29, 0.717) is 5.92 Å². The molecule has 1 unspecified atom stereocenters. The lowest BCUT2D eigenvalue weighted by Gasteiger charge is -2.04. The average molecular weight is 243 g/mol. The molecule has 1 heterocycles. The van der Waals surface area contributed by atoms with E-state index in [-0.39, 0.29) is 6.04 Å². The Balaban J connectivity index is 1.91. The van der Waals surface area contributed by atoms with Crippen LogP contribution < -0.4 is 5.73 Å². The van der Waals surface area contributed by atoms with Crippen LogP contribution in [0.4, 0.5) is 0 Å². The van der Waals surface area contributed by atoms with E-state index in [0.717, 1.165) is 17.5 Å². The van der Waals surface area contributed by atoms with Crippen LogP contribution >= 0.6 is 0 Å². The van der Waals surface area contributed by atoms with Crippen molar-refractivity contribution in [2.45, 2.75) is 51.0 Å². The van der Waals surface area contributed by atoms with Gasteiger partial charge < -0.3 is 10.7 Å². The fraction of sp³-hybridized carbons (Fsp3) is 0.533. The molecule has 3 rings (SSSR count). The van der Waals surface area contributed by atoms with E-state index < -0.39 is 0 Å². The topological polar surface area (TPSA) is 54.7 Å². The lowest BCUT2D eigenvalue weighted by atomic mass is 10.1. The van der Waals surface area contributed by atoms with Crippen molar-refractivity contribution in [1.29, 1.82) is 0 Å². The van der Waals surface area contributed by atoms with Gasteiger partial charge in [0.2, 0.25) is 0 Å². The molecule has 0 saturated heterocycles. The first-order valence-corrected chi connectivity index (χ1v) is 6.96. The van der Waals surface area contributed by atoms with Gasteiger partial charge in [-0.05, 0) is 43.9 Å². The molecule has 1 saturated carbocycles. The highest BCUT2D eigenvalue weighted by atomic mass is 14.9. The largest absolute Gasteiger partial charge is 0.342 e. The first-order valence-electron chi connectivity index (χ1n) is 6.96. The molecule has 1 fully saturated rings. The molecule has 3 N–H and O–H groups in total. The van der Waals surface area contributed by atoms with Crippen molar-refractivity contribution in [2.75, 3.05) is 0 Å². The van der Waals surface area contributed by atoms with Gasteiger partial charge in [-0.1, -0.05) is 18.9 Å². The van der Waals surface area contributed by atoms with Crippen LogP contribution in [0.15, 0.2) is 18.2 Å². The van der Waals surface area contributed by atoms with Crippen LogP contribution in [0.5, 0.6) is 0 Å². The summed E-state index contributed by atoms with van der Waals surface area (Å²) >= 11 is 0. The van der Waals surface area contributed by atoms with Crippen LogP contribution in [-0.4, -0.2) is 16.0 Å². The first-order chi connectivity index (χ1) is 8.72. The quantitative estimate of drug-likeness (QED) is 0.870. The van der Waals surface area contributed by atoms with Crippen molar-refractivity contribution in [1.82, 2.24) is 9.97 Å². The van der Waals surface area contributed by atoms with Gasteiger partial charge in [0.15, 0.2) is 0 Å². The number of hydrogen-bond acceptors (Lipinski definition) is 2. The molecule has 0 radical (unpaired) electrons. The van der Waals surface area contributed by atoms with Gasteiger partial charge in [0, 0.05) is 12.0 Å². The third kappa shape index (κ3) is 2.27. The number of fused-ring (bicyclic) bond motifs is 1. The van der Waals surface area contributed by atoms with Gasteiger partial charge in [-0.3, -0.25) is 0 Å². The van der Waals surface area contributed by atoms with Crippen molar-refractivity contribution >= 4 is 11.0 Å². The number of hydrogen-bond donors (Lipinski definition) is 2. The maximum Gasteiger partial charge on any atom is 0.110 e. The van der Waals surface area contributed by atoms with E-state index >= 15 is 0 Å². The highest BCUT2D eigenvalue weighted by Gasteiger charge is 2.20. The van der Waals surface area contributed by atoms with E-state index in [1.807, 2.05) is 6.92 Å². The number of aromatic amines is 1. The SMILES string of the molecule is CC(N)Cc1ccc2nc(C3CCCC3)[nH]c2c1. The first kappa shape index (κ1) is 11.7. The summed E-state index contributed by atoms with van der Waals surface area (Å²) in [4.78, 5) is 8.23. The zero-order valence-corrected chi connectivity index (χ0v) is 10.9. The third-order valence-electron chi connectivity index (χ3n) is 3.86. The number of rotatable bonds is 3. The third-order valence-corrected chi connectivity index (χ3v) is 3.86. The highest BCUT2D eigenvalue weighted by molar-refractivity contribution is 5.76. The molecule has 0 bridgehead atoms. The molecule has 1 aromatic carbocycles. The molecule has 0 aliphatic heterocycles. The minimum Gasteiger partial charge on any atom is -0.342 e. The zero-order valence-electron chi connectivity index (χ0n) is 10.9. The lowest BCUT2D eigenvalue weighted by molar-refractivity contribution is 0.681. The summed E-state index contributed by atoms with van der Waals surface area (Å²) < 4.78 is 0. The van der Waals surface area contributed by atoms with E-state index in [2.05, 4.69) is 23.2 Å². The van der Waals surface area contributed by atoms with Crippen LogP contribution in [-0.2, 0) is 6.42 Å². The molecule has 1 aliphatic carbocycles. The molecule has 3 nitrogen and oxygen atoms in total.